The Morgan fingerprint density at radius 1 is 0.900 bits per heavy atom. The maximum atomic E-state index is 14.1. The lowest BCUT2D eigenvalue weighted by Gasteiger charge is -2.33. The van der Waals surface area contributed by atoms with Gasteiger partial charge in [0.1, 0.15) is 18.3 Å². The maximum absolute atomic E-state index is 14.1. The average Bonchev–Trinajstić information content (AvgIpc) is 2.93. The highest BCUT2D eigenvalue weighted by Crippen LogP contribution is 2.30. The molecule has 0 saturated carbocycles. The molecule has 0 unspecified atom stereocenters. The number of carbonyl (C=O) groups excluding carboxylic acids is 2. The van der Waals surface area contributed by atoms with Gasteiger partial charge in [0.2, 0.25) is 21.8 Å². The van der Waals surface area contributed by atoms with Crippen LogP contribution in [0.25, 0.3) is 0 Å². The van der Waals surface area contributed by atoms with Crippen molar-refractivity contribution in [1.82, 2.24) is 10.2 Å². The minimum Gasteiger partial charge on any atom is -0.492 e. The van der Waals surface area contributed by atoms with E-state index in [4.69, 9.17) is 4.74 Å². The van der Waals surface area contributed by atoms with E-state index in [0.717, 1.165) is 33.7 Å². The molecule has 3 aromatic rings. The number of ether oxygens (including phenoxy) is 1. The number of aryl methyl sites for hydroxylation is 1. The van der Waals surface area contributed by atoms with E-state index in [-0.39, 0.29) is 24.6 Å². The highest BCUT2D eigenvalue weighted by molar-refractivity contribution is 7.92. The first-order chi connectivity index (χ1) is 19.1. The van der Waals surface area contributed by atoms with E-state index in [1.165, 1.54) is 4.90 Å². The van der Waals surface area contributed by atoms with Gasteiger partial charge in [-0.05, 0) is 43.5 Å². The Labute approximate surface area is 238 Å². The van der Waals surface area contributed by atoms with Crippen molar-refractivity contribution in [3.8, 4) is 5.75 Å². The van der Waals surface area contributed by atoms with Gasteiger partial charge in [-0.3, -0.25) is 13.9 Å². The third-order valence-corrected chi connectivity index (χ3v) is 7.53. The molecule has 0 aliphatic rings. The van der Waals surface area contributed by atoms with Crippen molar-refractivity contribution in [2.75, 3.05) is 30.3 Å². The molecule has 0 aliphatic carbocycles. The molecule has 1 atom stereocenters. The second-order valence-electron chi connectivity index (χ2n) is 9.67. The summed E-state index contributed by atoms with van der Waals surface area (Å²) in [6.45, 7) is 6.19. The first kappa shape index (κ1) is 30.7. The summed E-state index contributed by atoms with van der Waals surface area (Å²) in [5, 5.41) is 2.94. The maximum Gasteiger partial charge on any atom is 0.244 e. The molecule has 3 rings (SSSR count). The number of amides is 2. The monoisotopic (exact) mass is 565 g/mol. The summed E-state index contributed by atoms with van der Waals surface area (Å²) in [5.41, 5.74) is 3.06. The first-order valence-corrected chi connectivity index (χ1v) is 15.3. The molecule has 0 heterocycles. The van der Waals surface area contributed by atoms with Gasteiger partial charge in [-0.15, -0.1) is 0 Å². The molecule has 1 N–H and O–H groups in total. The molecule has 0 aromatic heterocycles. The van der Waals surface area contributed by atoms with Crippen LogP contribution >= 0.6 is 0 Å². The van der Waals surface area contributed by atoms with E-state index in [0.29, 0.717) is 18.9 Å². The van der Waals surface area contributed by atoms with Crippen molar-refractivity contribution in [3.05, 3.63) is 95.6 Å². The molecule has 8 nitrogen and oxygen atoms in total. The minimum atomic E-state index is -3.88. The summed E-state index contributed by atoms with van der Waals surface area (Å²) in [6, 6.07) is 23.1. The van der Waals surface area contributed by atoms with Crippen LogP contribution in [0.15, 0.2) is 78.9 Å². The second kappa shape index (κ2) is 14.5. The molecule has 0 radical (unpaired) electrons. The summed E-state index contributed by atoms with van der Waals surface area (Å²) < 4.78 is 32.7. The SMILES string of the molecule is CCCNC(=O)[C@@H](Cc1ccccc1)N(Cc1ccc(C)cc1)C(=O)CN(c1ccccc1OCC)S(C)(=O)=O. The van der Waals surface area contributed by atoms with E-state index in [2.05, 4.69) is 5.32 Å². The Bertz CT molecular complexity index is 1360. The van der Waals surface area contributed by atoms with Crippen LogP contribution in [0, 0.1) is 6.92 Å². The van der Waals surface area contributed by atoms with Gasteiger partial charge in [0.15, 0.2) is 0 Å². The van der Waals surface area contributed by atoms with Crippen LogP contribution in [0.3, 0.4) is 0 Å². The fourth-order valence-electron chi connectivity index (χ4n) is 4.35. The Morgan fingerprint density at radius 2 is 1.55 bits per heavy atom. The number of anilines is 1. The highest BCUT2D eigenvalue weighted by Gasteiger charge is 2.33. The number of hydrogen-bond acceptors (Lipinski definition) is 5. The summed E-state index contributed by atoms with van der Waals surface area (Å²) in [6.07, 6.45) is 2.08. The number of carbonyl (C=O) groups is 2. The van der Waals surface area contributed by atoms with Gasteiger partial charge in [0.25, 0.3) is 0 Å². The van der Waals surface area contributed by atoms with E-state index in [1.807, 2.05) is 68.4 Å². The second-order valence-corrected chi connectivity index (χ2v) is 11.6. The normalized spacial score (nSPS) is 11.9. The van der Waals surface area contributed by atoms with Crippen LogP contribution in [0.5, 0.6) is 5.75 Å². The predicted molar refractivity (Wildman–Crippen MR) is 159 cm³/mol. The number of hydrogen-bond donors (Lipinski definition) is 1. The number of benzene rings is 3. The quantitative estimate of drug-likeness (QED) is 0.314. The lowest BCUT2D eigenvalue weighted by molar-refractivity contribution is -0.140. The van der Waals surface area contributed by atoms with Crippen LogP contribution in [0.1, 0.15) is 37.0 Å². The predicted octanol–water partition coefficient (Wildman–Crippen LogP) is 4.33. The lowest BCUT2D eigenvalue weighted by Crippen LogP contribution is -2.53. The van der Waals surface area contributed by atoms with Gasteiger partial charge in [0, 0.05) is 19.5 Å². The van der Waals surface area contributed by atoms with Gasteiger partial charge in [-0.2, -0.15) is 0 Å². The molecule has 0 aliphatic heterocycles. The number of nitrogens with zero attached hydrogens (tertiary/aromatic N) is 2. The van der Waals surface area contributed by atoms with Gasteiger partial charge >= 0.3 is 0 Å². The summed E-state index contributed by atoms with van der Waals surface area (Å²) in [7, 11) is -3.88. The van der Waals surface area contributed by atoms with Crippen molar-refractivity contribution in [1.29, 1.82) is 0 Å². The van der Waals surface area contributed by atoms with E-state index in [9.17, 15) is 18.0 Å². The molecular weight excluding hydrogens is 526 g/mol. The van der Waals surface area contributed by atoms with Crippen LogP contribution in [0.2, 0.25) is 0 Å². The number of sulfonamides is 1. The van der Waals surface area contributed by atoms with Crippen LogP contribution < -0.4 is 14.4 Å². The topological polar surface area (TPSA) is 96.0 Å². The largest absolute Gasteiger partial charge is 0.492 e. The van der Waals surface area contributed by atoms with Crippen molar-refractivity contribution < 1.29 is 22.7 Å². The van der Waals surface area contributed by atoms with Crippen molar-refractivity contribution >= 4 is 27.5 Å². The summed E-state index contributed by atoms with van der Waals surface area (Å²) >= 11 is 0. The van der Waals surface area contributed by atoms with Gasteiger partial charge in [-0.1, -0.05) is 79.2 Å². The van der Waals surface area contributed by atoms with Crippen LogP contribution in [-0.2, 0) is 32.6 Å². The molecule has 0 bridgehead atoms. The summed E-state index contributed by atoms with van der Waals surface area (Å²) in [4.78, 5) is 29.1. The Kier molecular flexibility index (Phi) is 11.1. The molecule has 9 heteroatoms. The molecule has 0 spiro atoms. The molecular formula is C31H39N3O5S. The Balaban J connectivity index is 2.06. The van der Waals surface area contributed by atoms with Crippen molar-refractivity contribution in [3.63, 3.8) is 0 Å². The van der Waals surface area contributed by atoms with E-state index >= 15 is 0 Å². The smallest absolute Gasteiger partial charge is 0.244 e. The van der Waals surface area contributed by atoms with Gasteiger partial charge < -0.3 is 15.0 Å². The Hall–Kier alpha value is -3.85. The third kappa shape index (κ3) is 8.58. The Morgan fingerprint density at radius 3 is 2.17 bits per heavy atom. The fourth-order valence-corrected chi connectivity index (χ4v) is 5.20. The third-order valence-electron chi connectivity index (χ3n) is 6.41. The molecule has 3 aromatic carbocycles. The van der Waals surface area contributed by atoms with E-state index in [1.54, 1.807) is 31.2 Å². The highest BCUT2D eigenvalue weighted by atomic mass is 32.2. The fraction of sp³-hybridized carbons (Fsp3) is 0.355. The lowest BCUT2D eigenvalue weighted by atomic mass is 10.0. The zero-order valence-corrected chi connectivity index (χ0v) is 24.5. The van der Waals surface area contributed by atoms with E-state index < -0.39 is 28.5 Å². The minimum absolute atomic E-state index is 0.140. The first-order valence-electron chi connectivity index (χ1n) is 13.5. The molecule has 0 fully saturated rings. The zero-order valence-electron chi connectivity index (χ0n) is 23.7. The van der Waals surface area contributed by atoms with Crippen LogP contribution in [-0.4, -0.2) is 57.1 Å². The van der Waals surface area contributed by atoms with Gasteiger partial charge in [0.05, 0.1) is 18.6 Å². The average molecular weight is 566 g/mol. The number of nitrogens with one attached hydrogen (secondary N) is 1. The molecule has 40 heavy (non-hydrogen) atoms. The van der Waals surface area contributed by atoms with Crippen LogP contribution in [0.4, 0.5) is 5.69 Å². The molecule has 214 valence electrons. The van der Waals surface area contributed by atoms with Crippen molar-refractivity contribution in [2.24, 2.45) is 0 Å². The standard InChI is InChI=1S/C31H39N3O5S/c1-5-20-32-31(36)28(21-25-12-8-7-9-13-25)33(22-26-18-16-24(3)17-19-26)30(35)23-34(40(4,37)38)27-14-10-11-15-29(27)39-6-2/h7-19,28H,5-6,20-23H2,1-4H3,(H,32,36)/t28-/m1/s1. The molecule has 2 amide bonds. The zero-order chi connectivity index (χ0) is 29.1. The van der Waals surface area contributed by atoms with Gasteiger partial charge in [-0.25, -0.2) is 8.42 Å². The molecule has 0 saturated heterocycles. The number of para-hydroxylation sites is 2. The van der Waals surface area contributed by atoms with Crippen molar-refractivity contribution in [2.45, 2.75) is 46.2 Å². The summed E-state index contributed by atoms with van der Waals surface area (Å²) in [5.74, 6) is -0.425. The number of rotatable bonds is 14.